The van der Waals surface area contributed by atoms with Gasteiger partial charge in [0.2, 0.25) is 5.91 Å². The van der Waals surface area contributed by atoms with Crippen LogP contribution >= 0.6 is 11.8 Å². The van der Waals surface area contributed by atoms with Gasteiger partial charge in [-0.3, -0.25) is 14.9 Å². The molecule has 5 heteroatoms. The van der Waals surface area contributed by atoms with E-state index in [0.29, 0.717) is 12.3 Å². The van der Waals surface area contributed by atoms with Gasteiger partial charge < -0.3 is 4.74 Å². The van der Waals surface area contributed by atoms with E-state index < -0.39 is 0 Å². The van der Waals surface area contributed by atoms with Gasteiger partial charge in [0.25, 0.3) is 5.24 Å². The Morgan fingerprint density at radius 2 is 2.00 bits per heavy atom. The summed E-state index contributed by atoms with van der Waals surface area (Å²) < 4.78 is 5.52. The Morgan fingerprint density at radius 1 is 1.23 bits per heavy atom. The Labute approximate surface area is 135 Å². The number of rotatable bonds is 4. The summed E-state index contributed by atoms with van der Waals surface area (Å²) in [6, 6.07) is 6.33. The minimum atomic E-state index is -0.345. The molecule has 2 amide bonds. The van der Waals surface area contributed by atoms with Crippen LogP contribution in [0.15, 0.2) is 18.2 Å². The Hall–Kier alpha value is -1.49. The van der Waals surface area contributed by atoms with Gasteiger partial charge in [0, 0.05) is 0 Å². The normalized spacial score (nSPS) is 22.7. The van der Waals surface area contributed by atoms with E-state index in [2.05, 4.69) is 23.5 Å². The molecule has 4 nitrogen and oxygen atoms in total. The van der Waals surface area contributed by atoms with Crippen molar-refractivity contribution in [1.82, 2.24) is 5.32 Å². The second-order valence-electron chi connectivity index (χ2n) is 5.99. The fourth-order valence-corrected chi connectivity index (χ4v) is 4.19. The fourth-order valence-electron chi connectivity index (χ4n) is 3.35. The lowest BCUT2D eigenvalue weighted by Gasteiger charge is -2.23. The number of methoxy groups -OCH3 is 1. The number of hydrogen-bond donors (Lipinski definition) is 1. The lowest BCUT2D eigenvalue weighted by Crippen LogP contribution is -2.25. The van der Waals surface area contributed by atoms with Crippen LogP contribution in [0.25, 0.3) is 0 Å². The highest BCUT2D eigenvalue weighted by Crippen LogP contribution is 2.36. The number of benzene rings is 1. The average molecular weight is 319 g/mol. The van der Waals surface area contributed by atoms with Crippen molar-refractivity contribution in [3.63, 3.8) is 0 Å². The van der Waals surface area contributed by atoms with Gasteiger partial charge >= 0.3 is 0 Å². The topological polar surface area (TPSA) is 55.4 Å². The first-order valence-electron chi connectivity index (χ1n) is 7.85. The molecule has 22 heavy (non-hydrogen) atoms. The van der Waals surface area contributed by atoms with Crippen molar-refractivity contribution in [3.05, 3.63) is 29.3 Å². The summed E-state index contributed by atoms with van der Waals surface area (Å²) in [5.74, 6) is 1.26. The van der Waals surface area contributed by atoms with Crippen LogP contribution in [-0.4, -0.2) is 23.5 Å². The molecule has 118 valence electrons. The monoisotopic (exact) mass is 319 g/mol. The van der Waals surface area contributed by atoms with E-state index in [9.17, 15) is 9.59 Å². The molecule has 1 atom stereocenters. The van der Waals surface area contributed by atoms with E-state index in [-0.39, 0.29) is 16.4 Å². The summed E-state index contributed by atoms with van der Waals surface area (Å²) in [4.78, 5) is 23.0. The third-order valence-electron chi connectivity index (χ3n) is 4.56. The van der Waals surface area contributed by atoms with Gasteiger partial charge in [-0.05, 0) is 42.4 Å². The quantitative estimate of drug-likeness (QED) is 0.920. The zero-order valence-electron chi connectivity index (χ0n) is 12.8. The van der Waals surface area contributed by atoms with Gasteiger partial charge in [0.1, 0.15) is 5.75 Å². The molecule has 1 aliphatic carbocycles. The third-order valence-corrected chi connectivity index (χ3v) is 5.54. The maximum Gasteiger partial charge on any atom is 0.286 e. The lowest BCUT2D eigenvalue weighted by atomic mass is 9.83. The van der Waals surface area contributed by atoms with Crippen LogP contribution in [0.2, 0.25) is 0 Å². The van der Waals surface area contributed by atoms with E-state index in [1.165, 1.54) is 37.7 Å². The molecule has 1 N–H and O–H groups in total. The smallest absolute Gasteiger partial charge is 0.286 e. The van der Waals surface area contributed by atoms with Crippen LogP contribution in [0.4, 0.5) is 4.79 Å². The van der Waals surface area contributed by atoms with Crippen molar-refractivity contribution >= 4 is 22.9 Å². The maximum absolute atomic E-state index is 11.7. The van der Waals surface area contributed by atoms with Crippen molar-refractivity contribution < 1.29 is 14.3 Å². The summed E-state index contributed by atoms with van der Waals surface area (Å²) in [7, 11) is 1.66. The van der Waals surface area contributed by atoms with E-state index in [0.717, 1.165) is 23.1 Å². The SMILES string of the molecule is COc1cc(C2CCCCC2)ccc1CC1SC(=O)NC1=O. The number of hydrogen-bond acceptors (Lipinski definition) is 4. The van der Waals surface area contributed by atoms with Crippen LogP contribution in [0.1, 0.15) is 49.1 Å². The van der Waals surface area contributed by atoms with E-state index >= 15 is 0 Å². The van der Waals surface area contributed by atoms with Crippen molar-refractivity contribution in [3.8, 4) is 5.75 Å². The minimum Gasteiger partial charge on any atom is -0.496 e. The number of carbonyl (C=O) groups is 2. The second kappa shape index (κ2) is 6.73. The first kappa shape index (κ1) is 15.4. The van der Waals surface area contributed by atoms with Crippen molar-refractivity contribution in [2.75, 3.05) is 7.11 Å². The third kappa shape index (κ3) is 3.29. The molecule has 2 aliphatic rings. The Balaban J connectivity index is 1.77. The molecule has 0 radical (unpaired) electrons. The first-order chi connectivity index (χ1) is 10.7. The molecule has 1 saturated carbocycles. The van der Waals surface area contributed by atoms with Gasteiger partial charge in [0.15, 0.2) is 0 Å². The van der Waals surface area contributed by atoms with E-state index in [1.807, 2.05) is 0 Å². The number of carbonyl (C=O) groups excluding carboxylic acids is 2. The predicted molar refractivity (Wildman–Crippen MR) is 87.4 cm³/mol. The summed E-state index contributed by atoms with van der Waals surface area (Å²) in [6.45, 7) is 0. The highest BCUT2D eigenvalue weighted by atomic mass is 32.2. The van der Waals surface area contributed by atoms with Gasteiger partial charge in [-0.25, -0.2) is 0 Å². The maximum atomic E-state index is 11.7. The van der Waals surface area contributed by atoms with E-state index in [1.54, 1.807) is 7.11 Å². The molecule has 0 aromatic heterocycles. The Morgan fingerprint density at radius 3 is 2.64 bits per heavy atom. The molecular formula is C17H21NO3S. The molecule has 0 spiro atoms. The van der Waals surface area contributed by atoms with Crippen molar-refractivity contribution in [2.24, 2.45) is 0 Å². The Bertz CT molecular complexity index is 581. The molecule has 1 unspecified atom stereocenters. The average Bonchev–Trinajstić information content (AvgIpc) is 2.86. The van der Waals surface area contributed by atoms with Gasteiger partial charge in [-0.15, -0.1) is 0 Å². The highest BCUT2D eigenvalue weighted by molar-refractivity contribution is 8.15. The molecule has 1 heterocycles. The summed E-state index contributed by atoms with van der Waals surface area (Å²) in [5, 5.41) is 1.73. The van der Waals surface area contributed by atoms with Crippen LogP contribution in [0.5, 0.6) is 5.75 Å². The van der Waals surface area contributed by atoms with Gasteiger partial charge in [0.05, 0.1) is 12.4 Å². The molecule has 1 aromatic rings. The Kier molecular flexibility index (Phi) is 4.71. The standard InChI is InChI=1S/C17H21NO3S/c1-21-14-9-12(11-5-3-2-4-6-11)7-8-13(14)10-15-16(19)18-17(20)22-15/h7-9,11,15H,2-6,10H2,1H3,(H,18,19,20). The summed E-state index contributed by atoms with van der Waals surface area (Å²) in [5.41, 5.74) is 2.32. The number of imide groups is 1. The molecule has 2 fully saturated rings. The highest BCUT2D eigenvalue weighted by Gasteiger charge is 2.32. The largest absolute Gasteiger partial charge is 0.496 e. The lowest BCUT2D eigenvalue weighted by molar-refractivity contribution is -0.118. The zero-order chi connectivity index (χ0) is 15.5. The first-order valence-corrected chi connectivity index (χ1v) is 8.73. The number of amides is 2. The zero-order valence-corrected chi connectivity index (χ0v) is 13.6. The van der Waals surface area contributed by atoms with Gasteiger partial charge in [-0.2, -0.15) is 0 Å². The fraction of sp³-hybridized carbons (Fsp3) is 0.529. The van der Waals surface area contributed by atoms with Gasteiger partial charge in [-0.1, -0.05) is 43.2 Å². The van der Waals surface area contributed by atoms with Crippen LogP contribution < -0.4 is 10.1 Å². The summed E-state index contributed by atoms with van der Waals surface area (Å²) in [6.07, 6.45) is 6.96. The van der Waals surface area contributed by atoms with Crippen molar-refractivity contribution in [1.29, 1.82) is 0 Å². The number of nitrogens with one attached hydrogen (secondary N) is 1. The van der Waals surface area contributed by atoms with E-state index in [4.69, 9.17) is 4.74 Å². The molecule has 3 rings (SSSR count). The van der Waals surface area contributed by atoms with Crippen LogP contribution in [0.3, 0.4) is 0 Å². The van der Waals surface area contributed by atoms with Crippen LogP contribution in [-0.2, 0) is 11.2 Å². The number of ether oxygens (including phenoxy) is 1. The second-order valence-corrected chi connectivity index (χ2v) is 7.17. The number of thioether (sulfide) groups is 1. The predicted octanol–water partition coefficient (Wildman–Crippen LogP) is 3.64. The molecule has 1 aliphatic heterocycles. The van der Waals surface area contributed by atoms with Crippen LogP contribution in [0, 0.1) is 0 Å². The molecular weight excluding hydrogens is 298 g/mol. The molecule has 1 saturated heterocycles. The minimum absolute atomic E-state index is 0.201. The molecule has 1 aromatic carbocycles. The summed E-state index contributed by atoms with van der Waals surface area (Å²) >= 11 is 1.06. The van der Waals surface area contributed by atoms with Crippen molar-refractivity contribution in [2.45, 2.75) is 49.7 Å². The molecule has 0 bridgehead atoms.